The van der Waals surface area contributed by atoms with Crippen LogP contribution in [0.1, 0.15) is 25.7 Å². The van der Waals surface area contributed by atoms with Crippen molar-refractivity contribution in [3.05, 3.63) is 55.3 Å². The Hall–Kier alpha value is -1.55. The number of carbonyl (C=O) groups excluding carboxylic acids is 1. The summed E-state index contributed by atoms with van der Waals surface area (Å²) in [5.74, 6) is 0.143. The number of nitrogens with zero attached hydrogens (tertiary/aromatic N) is 3. The van der Waals surface area contributed by atoms with Crippen molar-refractivity contribution < 1.29 is 9.72 Å². The molecule has 0 fully saturated rings. The number of rotatable bonds is 5. The van der Waals surface area contributed by atoms with Gasteiger partial charge in [-0.3, -0.25) is 14.9 Å². The van der Waals surface area contributed by atoms with E-state index in [0.717, 1.165) is 34.1 Å². The molecule has 2 aliphatic heterocycles. The molecule has 150 valence electrons. The van der Waals surface area contributed by atoms with E-state index < -0.39 is 4.92 Å². The van der Waals surface area contributed by atoms with Gasteiger partial charge < -0.3 is 0 Å². The minimum absolute atomic E-state index is 0.0472. The summed E-state index contributed by atoms with van der Waals surface area (Å²) < 4.78 is 0. The minimum Gasteiger partial charge on any atom is -0.271 e. The summed E-state index contributed by atoms with van der Waals surface area (Å²) in [5, 5.41) is 12.1. The van der Waals surface area contributed by atoms with Crippen molar-refractivity contribution in [2.24, 2.45) is 15.9 Å². The molecule has 0 N–H and O–H groups in total. The molecule has 0 bridgehead atoms. The van der Waals surface area contributed by atoms with Gasteiger partial charge in [0.05, 0.1) is 9.97 Å². The predicted octanol–water partition coefficient (Wildman–Crippen LogP) is 5.99. The summed E-state index contributed by atoms with van der Waals surface area (Å²) in [7, 11) is 0. The fourth-order valence-electron chi connectivity index (χ4n) is 3.35. The predicted molar refractivity (Wildman–Crippen MR) is 122 cm³/mol. The molecule has 10 heteroatoms. The van der Waals surface area contributed by atoms with Crippen LogP contribution in [0, 0.1) is 16.0 Å². The Morgan fingerprint density at radius 1 is 1.28 bits per heavy atom. The highest BCUT2D eigenvalue weighted by Crippen LogP contribution is 2.47. The fraction of sp³-hybridized carbons (Fsp3) is 0.316. The number of amidine groups is 1. The molecule has 1 atom stereocenters. The summed E-state index contributed by atoms with van der Waals surface area (Å²) in [6.45, 7) is 0. The SMILES string of the molecule is O=C1N=C(SC/C(=C\Cl)Sc2ccc([N+](=O)[O-])cc2)N=C2SC3=C(CCCC3)C12. The minimum atomic E-state index is -0.430. The number of benzene rings is 1. The van der Waals surface area contributed by atoms with E-state index in [0.29, 0.717) is 10.9 Å². The number of thioether (sulfide) groups is 3. The van der Waals surface area contributed by atoms with E-state index in [1.807, 2.05) is 0 Å². The zero-order valence-corrected chi connectivity index (χ0v) is 18.4. The number of hydrogen-bond acceptors (Lipinski definition) is 7. The van der Waals surface area contributed by atoms with Gasteiger partial charge in [-0.1, -0.05) is 46.9 Å². The number of nitro groups is 1. The van der Waals surface area contributed by atoms with Crippen molar-refractivity contribution in [1.82, 2.24) is 0 Å². The van der Waals surface area contributed by atoms with Gasteiger partial charge >= 0.3 is 0 Å². The van der Waals surface area contributed by atoms with Crippen LogP contribution in [0.2, 0.25) is 0 Å². The number of fused-ring (bicyclic) bond motifs is 2. The second-order valence-corrected chi connectivity index (χ2v) is 10.1. The molecular weight excluding hydrogens is 450 g/mol. The Labute approximate surface area is 185 Å². The summed E-state index contributed by atoms with van der Waals surface area (Å²) in [6, 6.07) is 6.30. The second-order valence-electron chi connectivity index (χ2n) is 6.59. The van der Waals surface area contributed by atoms with Gasteiger partial charge in [0.15, 0.2) is 5.17 Å². The van der Waals surface area contributed by atoms with Crippen molar-refractivity contribution in [2.75, 3.05) is 5.75 Å². The van der Waals surface area contributed by atoms with Crippen LogP contribution in [-0.4, -0.2) is 26.8 Å². The van der Waals surface area contributed by atoms with Crippen molar-refractivity contribution >= 4 is 68.7 Å². The fourth-order valence-corrected chi connectivity index (χ4v) is 6.75. The van der Waals surface area contributed by atoms with Gasteiger partial charge in [-0.25, -0.2) is 4.99 Å². The highest BCUT2D eigenvalue weighted by Gasteiger charge is 2.40. The van der Waals surface area contributed by atoms with Crippen LogP contribution in [0.3, 0.4) is 0 Å². The molecule has 1 amide bonds. The smallest absolute Gasteiger partial charge is 0.269 e. The Kier molecular flexibility index (Phi) is 6.48. The number of allylic oxidation sites excluding steroid dienone is 1. The molecule has 0 aromatic heterocycles. The molecule has 3 aliphatic rings. The van der Waals surface area contributed by atoms with E-state index >= 15 is 0 Å². The maximum Gasteiger partial charge on any atom is 0.269 e. The maximum atomic E-state index is 12.6. The van der Waals surface area contributed by atoms with Crippen molar-refractivity contribution in [3.8, 4) is 0 Å². The molecule has 1 aliphatic carbocycles. The van der Waals surface area contributed by atoms with Crippen LogP contribution in [-0.2, 0) is 4.79 Å². The molecule has 0 radical (unpaired) electrons. The first kappa shape index (κ1) is 20.7. The van der Waals surface area contributed by atoms with Gasteiger partial charge in [-0.15, -0.1) is 0 Å². The van der Waals surface area contributed by atoms with Gasteiger partial charge in [0.25, 0.3) is 11.6 Å². The highest BCUT2D eigenvalue weighted by molar-refractivity contribution is 8.18. The summed E-state index contributed by atoms with van der Waals surface area (Å²) in [4.78, 5) is 34.8. The van der Waals surface area contributed by atoms with Gasteiger partial charge in [0.1, 0.15) is 5.92 Å². The third-order valence-electron chi connectivity index (χ3n) is 4.70. The van der Waals surface area contributed by atoms with Crippen LogP contribution >= 0.6 is 46.9 Å². The van der Waals surface area contributed by atoms with Crippen molar-refractivity contribution in [2.45, 2.75) is 30.6 Å². The molecule has 1 aromatic carbocycles. The zero-order valence-electron chi connectivity index (χ0n) is 15.2. The second kappa shape index (κ2) is 9.07. The highest BCUT2D eigenvalue weighted by atomic mass is 35.5. The molecule has 6 nitrogen and oxygen atoms in total. The number of non-ortho nitro benzene ring substituents is 1. The normalized spacial score (nSPS) is 21.5. The third kappa shape index (κ3) is 4.63. The molecule has 0 saturated heterocycles. The lowest BCUT2D eigenvalue weighted by atomic mass is 9.89. The van der Waals surface area contributed by atoms with Crippen LogP contribution in [0.15, 0.2) is 60.1 Å². The topological polar surface area (TPSA) is 84.9 Å². The summed E-state index contributed by atoms with van der Waals surface area (Å²) in [6.07, 6.45) is 4.31. The van der Waals surface area contributed by atoms with Crippen LogP contribution in [0.4, 0.5) is 5.69 Å². The van der Waals surface area contributed by atoms with E-state index in [-0.39, 0.29) is 17.5 Å². The van der Waals surface area contributed by atoms with Gasteiger partial charge in [-0.2, -0.15) is 4.99 Å². The molecule has 0 spiro atoms. The lowest BCUT2D eigenvalue weighted by Crippen LogP contribution is -2.25. The van der Waals surface area contributed by atoms with Crippen molar-refractivity contribution in [1.29, 1.82) is 0 Å². The lowest BCUT2D eigenvalue weighted by Gasteiger charge is -2.18. The largest absolute Gasteiger partial charge is 0.271 e. The van der Waals surface area contributed by atoms with Crippen LogP contribution in [0.25, 0.3) is 0 Å². The third-order valence-corrected chi connectivity index (χ3v) is 8.45. The average Bonchev–Trinajstić information content (AvgIpc) is 3.10. The molecular formula is C19H16ClN3O3S3. The number of amides is 1. The van der Waals surface area contributed by atoms with Crippen molar-refractivity contribution in [3.63, 3.8) is 0 Å². The maximum absolute atomic E-state index is 12.6. The van der Waals surface area contributed by atoms with E-state index in [1.54, 1.807) is 23.9 Å². The molecule has 4 rings (SSSR count). The number of carbonyl (C=O) groups is 1. The molecule has 0 saturated carbocycles. The Balaban J connectivity index is 1.38. The van der Waals surface area contributed by atoms with E-state index in [4.69, 9.17) is 11.6 Å². The summed E-state index contributed by atoms with van der Waals surface area (Å²) >= 11 is 10.4. The van der Waals surface area contributed by atoms with E-state index in [1.165, 1.54) is 58.1 Å². The average molecular weight is 466 g/mol. The number of nitro benzene ring substituents is 1. The van der Waals surface area contributed by atoms with Crippen LogP contribution < -0.4 is 0 Å². The zero-order chi connectivity index (χ0) is 20.4. The monoisotopic (exact) mass is 465 g/mol. The first-order valence-electron chi connectivity index (χ1n) is 9.00. The first-order chi connectivity index (χ1) is 14.0. The van der Waals surface area contributed by atoms with Crippen LogP contribution in [0.5, 0.6) is 0 Å². The Morgan fingerprint density at radius 2 is 2.03 bits per heavy atom. The van der Waals surface area contributed by atoms with E-state index in [2.05, 4.69) is 9.98 Å². The van der Waals surface area contributed by atoms with Gasteiger partial charge in [0.2, 0.25) is 0 Å². The van der Waals surface area contributed by atoms with Gasteiger partial charge in [-0.05, 0) is 48.3 Å². The number of halogens is 1. The standard InChI is InChI=1S/C19H16ClN3O3S3/c20-9-13(28-12-7-5-11(6-8-12)23(25)26)10-27-19-21-17(24)16-14-3-1-2-4-15(14)29-18(16)22-19/h5-9,16H,1-4,10H2/b13-9+. The van der Waals surface area contributed by atoms with E-state index in [9.17, 15) is 14.9 Å². The molecule has 1 unspecified atom stereocenters. The number of aliphatic imine (C=N–C) groups is 2. The molecule has 2 heterocycles. The lowest BCUT2D eigenvalue weighted by molar-refractivity contribution is -0.384. The first-order valence-corrected chi connectivity index (χ1v) is 12.1. The Bertz CT molecular complexity index is 986. The Morgan fingerprint density at radius 3 is 2.76 bits per heavy atom. The summed E-state index contributed by atoms with van der Waals surface area (Å²) in [5.41, 5.74) is 2.75. The number of hydrogen-bond donors (Lipinski definition) is 0. The quantitative estimate of drug-likeness (QED) is 0.302. The van der Waals surface area contributed by atoms with Gasteiger partial charge in [0, 0.05) is 33.2 Å². The molecule has 29 heavy (non-hydrogen) atoms. The molecule has 1 aromatic rings.